The third-order valence-corrected chi connectivity index (χ3v) is 4.45. The van der Waals surface area contributed by atoms with Gasteiger partial charge in [0.2, 0.25) is 5.91 Å². The molecule has 2 heterocycles. The number of amides is 1. The van der Waals surface area contributed by atoms with Gasteiger partial charge in [-0.3, -0.25) is 9.69 Å². The van der Waals surface area contributed by atoms with E-state index >= 15 is 0 Å². The van der Waals surface area contributed by atoms with E-state index in [0.717, 1.165) is 37.3 Å². The van der Waals surface area contributed by atoms with Gasteiger partial charge in [0.05, 0.1) is 6.54 Å². The summed E-state index contributed by atoms with van der Waals surface area (Å²) in [5, 5.41) is 0. The molecule has 1 aromatic heterocycles. The fourth-order valence-corrected chi connectivity index (χ4v) is 2.68. The summed E-state index contributed by atoms with van der Waals surface area (Å²) in [7, 11) is 1.86. The Hall–Kier alpha value is -2.08. The van der Waals surface area contributed by atoms with E-state index in [1.54, 1.807) is 4.90 Å². The second-order valence-corrected chi connectivity index (χ2v) is 6.33. The number of likely N-dealkylation sites (N-methyl/N-ethyl adjacent to an activating group) is 1. The average molecular weight is 316 g/mol. The van der Waals surface area contributed by atoms with Gasteiger partial charge in [0.15, 0.2) is 5.58 Å². The molecule has 6 heteroatoms. The van der Waals surface area contributed by atoms with Crippen molar-refractivity contribution in [3.8, 4) is 0 Å². The van der Waals surface area contributed by atoms with Crippen LogP contribution in [0, 0.1) is 0 Å². The molecule has 6 nitrogen and oxygen atoms in total. The molecule has 0 aliphatic carbocycles. The Balaban J connectivity index is 1.57. The average Bonchev–Trinajstić information content (AvgIpc) is 2.98. The molecular weight excluding hydrogens is 292 g/mol. The molecule has 2 aromatic rings. The van der Waals surface area contributed by atoms with Gasteiger partial charge in [0, 0.05) is 39.3 Å². The first-order valence-electron chi connectivity index (χ1n) is 8.13. The molecule has 124 valence electrons. The zero-order chi connectivity index (χ0) is 16.4. The monoisotopic (exact) mass is 316 g/mol. The standard InChI is InChI=1S/C17H24N4O2/c1-13(2)19(3)16(22)12-20-8-10-21(11-9-20)17-18-14-6-4-5-7-15(14)23-17/h4-7,13H,8-12H2,1-3H3. The Morgan fingerprint density at radius 1 is 1.26 bits per heavy atom. The van der Waals surface area contributed by atoms with Crippen molar-refractivity contribution >= 4 is 23.0 Å². The summed E-state index contributed by atoms with van der Waals surface area (Å²) in [5.74, 6) is 0.176. The molecule has 23 heavy (non-hydrogen) atoms. The number of hydrogen-bond acceptors (Lipinski definition) is 5. The molecule has 0 atom stereocenters. The minimum atomic E-state index is 0.176. The highest BCUT2D eigenvalue weighted by Gasteiger charge is 2.23. The van der Waals surface area contributed by atoms with E-state index in [0.29, 0.717) is 12.6 Å². The maximum atomic E-state index is 12.2. The molecule has 0 N–H and O–H groups in total. The summed E-state index contributed by atoms with van der Waals surface area (Å²) in [6.07, 6.45) is 0. The Kier molecular flexibility index (Phi) is 4.52. The Bertz CT molecular complexity index is 641. The van der Waals surface area contributed by atoms with Gasteiger partial charge in [-0.1, -0.05) is 12.1 Å². The van der Waals surface area contributed by atoms with Crippen LogP contribution in [0.15, 0.2) is 28.7 Å². The van der Waals surface area contributed by atoms with E-state index in [9.17, 15) is 4.79 Å². The third-order valence-electron chi connectivity index (χ3n) is 4.45. The number of anilines is 1. The van der Waals surface area contributed by atoms with E-state index < -0.39 is 0 Å². The van der Waals surface area contributed by atoms with Crippen LogP contribution < -0.4 is 4.90 Å². The van der Waals surface area contributed by atoms with Crippen LogP contribution >= 0.6 is 0 Å². The largest absolute Gasteiger partial charge is 0.423 e. The molecule has 0 spiro atoms. The fraction of sp³-hybridized carbons (Fsp3) is 0.529. The smallest absolute Gasteiger partial charge is 0.298 e. The number of para-hydroxylation sites is 2. The van der Waals surface area contributed by atoms with E-state index in [2.05, 4.69) is 14.8 Å². The number of benzene rings is 1. The lowest BCUT2D eigenvalue weighted by molar-refractivity contribution is -0.132. The Morgan fingerprint density at radius 2 is 1.96 bits per heavy atom. The van der Waals surface area contributed by atoms with E-state index in [4.69, 9.17) is 4.42 Å². The van der Waals surface area contributed by atoms with Crippen LogP contribution in [-0.4, -0.2) is 66.5 Å². The number of piperazine rings is 1. The summed E-state index contributed by atoms with van der Waals surface area (Å²) in [6, 6.07) is 8.72. The van der Waals surface area contributed by atoms with Gasteiger partial charge in [-0.2, -0.15) is 4.98 Å². The second kappa shape index (κ2) is 6.58. The number of carbonyl (C=O) groups is 1. The van der Waals surface area contributed by atoms with E-state index in [1.807, 2.05) is 45.2 Å². The molecule has 1 aliphatic heterocycles. The van der Waals surface area contributed by atoms with Crippen molar-refractivity contribution in [1.29, 1.82) is 0 Å². The predicted octanol–water partition coefficient (Wildman–Crippen LogP) is 1.82. The Labute approximate surface area is 136 Å². The number of carbonyl (C=O) groups excluding carboxylic acids is 1. The quantitative estimate of drug-likeness (QED) is 0.861. The van der Waals surface area contributed by atoms with Gasteiger partial charge < -0.3 is 14.2 Å². The number of nitrogens with zero attached hydrogens (tertiary/aromatic N) is 4. The molecule has 1 amide bonds. The summed E-state index contributed by atoms with van der Waals surface area (Å²) < 4.78 is 5.81. The second-order valence-electron chi connectivity index (χ2n) is 6.33. The molecule has 3 rings (SSSR count). The summed E-state index contributed by atoms with van der Waals surface area (Å²) in [4.78, 5) is 22.8. The lowest BCUT2D eigenvalue weighted by Crippen LogP contribution is -2.50. The first-order chi connectivity index (χ1) is 11.0. The van der Waals surface area contributed by atoms with Crippen molar-refractivity contribution in [3.63, 3.8) is 0 Å². The van der Waals surface area contributed by atoms with Crippen LogP contribution in [0.2, 0.25) is 0 Å². The molecular formula is C17H24N4O2. The normalized spacial score (nSPS) is 16.3. The molecule has 1 aliphatic rings. The van der Waals surface area contributed by atoms with Crippen molar-refractivity contribution in [2.45, 2.75) is 19.9 Å². The highest BCUT2D eigenvalue weighted by atomic mass is 16.4. The van der Waals surface area contributed by atoms with Gasteiger partial charge in [0.1, 0.15) is 5.52 Å². The minimum Gasteiger partial charge on any atom is -0.423 e. The number of oxazole rings is 1. The molecule has 1 saturated heterocycles. The maximum Gasteiger partial charge on any atom is 0.298 e. The zero-order valence-electron chi connectivity index (χ0n) is 14.0. The topological polar surface area (TPSA) is 52.8 Å². The van der Waals surface area contributed by atoms with Crippen LogP contribution in [0.4, 0.5) is 6.01 Å². The van der Waals surface area contributed by atoms with Gasteiger partial charge in [0.25, 0.3) is 6.01 Å². The highest BCUT2D eigenvalue weighted by Crippen LogP contribution is 2.22. The SMILES string of the molecule is CC(C)N(C)C(=O)CN1CCN(c2nc3ccccc3o2)CC1. The third kappa shape index (κ3) is 3.47. The number of hydrogen-bond donors (Lipinski definition) is 0. The van der Waals surface area contributed by atoms with Crippen molar-refractivity contribution in [3.05, 3.63) is 24.3 Å². The molecule has 0 radical (unpaired) electrons. The first kappa shape index (κ1) is 15.8. The van der Waals surface area contributed by atoms with Crippen molar-refractivity contribution in [1.82, 2.24) is 14.8 Å². The molecule has 0 bridgehead atoms. The molecule has 0 saturated carbocycles. The van der Waals surface area contributed by atoms with Gasteiger partial charge in [-0.05, 0) is 26.0 Å². The van der Waals surface area contributed by atoms with Crippen LogP contribution in [-0.2, 0) is 4.79 Å². The molecule has 1 fully saturated rings. The van der Waals surface area contributed by atoms with Crippen LogP contribution in [0.5, 0.6) is 0 Å². The van der Waals surface area contributed by atoms with E-state index in [-0.39, 0.29) is 11.9 Å². The molecule has 0 unspecified atom stereocenters. The summed E-state index contributed by atoms with van der Waals surface area (Å²) in [6.45, 7) is 7.88. The first-order valence-corrected chi connectivity index (χ1v) is 8.13. The Morgan fingerprint density at radius 3 is 2.61 bits per heavy atom. The van der Waals surface area contributed by atoms with Crippen molar-refractivity contribution < 1.29 is 9.21 Å². The predicted molar refractivity (Wildman–Crippen MR) is 90.6 cm³/mol. The number of fused-ring (bicyclic) bond motifs is 1. The summed E-state index contributed by atoms with van der Waals surface area (Å²) in [5.41, 5.74) is 1.71. The number of rotatable bonds is 4. The van der Waals surface area contributed by atoms with Crippen LogP contribution in [0.3, 0.4) is 0 Å². The minimum absolute atomic E-state index is 0.176. The van der Waals surface area contributed by atoms with Gasteiger partial charge in [-0.15, -0.1) is 0 Å². The van der Waals surface area contributed by atoms with Gasteiger partial charge in [-0.25, -0.2) is 0 Å². The number of aromatic nitrogens is 1. The fourth-order valence-electron chi connectivity index (χ4n) is 2.68. The highest BCUT2D eigenvalue weighted by molar-refractivity contribution is 5.78. The lowest BCUT2D eigenvalue weighted by atomic mass is 10.3. The molecule has 1 aromatic carbocycles. The van der Waals surface area contributed by atoms with Crippen molar-refractivity contribution in [2.24, 2.45) is 0 Å². The lowest BCUT2D eigenvalue weighted by Gasteiger charge is -2.34. The van der Waals surface area contributed by atoms with Crippen molar-refractivity contribution in [2.75, 3.05) is 44.7 Å². The summed E-state index contributed by atoms with van der Waals surface area (Å²) >= 11 is 0. The van der Waals surface area contributed by atoms with Crippen LogP contribution in [0.25, 0.3) is 11.1 Å². The maximum absolute atomic E-state index is 12.2. The van der Waals surface area contributed by atoms with E-state index in [1.165, 1.54) is 0 Å². The van der Waals surface area contributed by atoms with Gasteiger partial charge >= 0.3 is 0 Å². The zero-order valence-corrected chi connectivity index (χ0v) is 14.0. The van der Waals surface area contributed by atoms with Crippen LogP contribution in [0.1, 0.15) is 13.8 Å².